The molecule has 2 heterocycles. The minimum Gasteiger partial charge on any atom is -0.382 e. The second kappa shape index (κ2) is 4.23. The molecule has 0 saturated heterocycles. The van der Waals surface area contributed by atoms with Crippen LogP contribution in [0.15, 0.2) is 36.5 Å². The van der Waals surface area contributed by atoms with Crippen molar-refractivity contribution in [3.05, 3.63) is 42.1 Å². The summed E-state index contributed by atoms with van der Waals surface area (Å²) in [5.41, 5.74) is 8.66. The van der Waals surface area contributed by atoms with Crippen LogP contribution in [0, 0.1) is 0 Å². The van der Waals surface area contributed by atoms with Crippen molar-refractivity contribution in [2.24, 2.45) is 0 Å². The molecule has 0 atom stereocenters. The third kappa shape index (κ3) is 1.67. The number of ether oxygens (including phenoxy) is 1. The van der Waals surface area contributed by atoms with Crippen molar-refractivity contribution in [3.63, 3.8) is 0 Å². The van der Waals surface area contributed by atoms with Gasteiger partial charge in [-0.2, -0.15) is 0 Å². The van der Waals surface area contributed by atoms with E-state index in [0.29, 0.717) is 12.4 Å². The maximum atomic E-state index is 5.94. The van der Waals surface area contributed by atoms with Crippen LogP contribution < -0.4 is 5.73 Å². The molecule has 0 saturated carbocycles. The molecule has 4 heteroatoms. The number of nitrogens with two attached hydrogens (primary N) is 1. The Morgan fingerprint density at radius 3 is 2.94 bits per heavy atom. The van der Waals surface area contributed by atoms with E-state index < -0.39 is 0 Å². The van der Waals surface area contributed by atoms with Crippen molar-refractivity contribution in [1.29, 1.82) is 0 Å². The summed E-state index contributed by atoms with van der Waals surface area (Å²) in [6.07, 6.45) is 1.73. The van der Waals surface area contributed by atoms with Crippen molar-refractivity contribution in [3.8, 4) is 0 Å². The smallest absolute Gasteiger partial charge is 0.150 e. The molecule has 0 fully saturated rings. The van der Waals surface area contributed by atoms with Gasteiger partial charge in [-0.15, -0.1) is 0 Å². The van der Waals surface area contributed by atoms with Gasteiger partial charge in [0.15, 0.2) is 5.82 Å². The Labute approximate surface area is 104 Å². The van der Waals surface area contributed by atoms with Crippen LogP contribution in [0.5, 0.6) is 0 Å². The fourth-order valence-corrected chi connectivity index (χ4v) is 2.16. The van der Waals surface area contributed by atoms with Gasteiger partial charge in [-0.05, 0) is 17.7 Å². The van der Waals surface area contributed by atoms with Gasteiger partial charge in [-0.1, -0.05) is 18.2 Å². The number of methoxy groups -OCH3 is 1. The van der Waals surface area contributed by atoms with Crippen LogP contribution in [-0.4, -0.2) is 17.1 Å². The number of fused-ring (bicyclic) bond motifs is 3. The van der Waals surface area contributed by atoms with Gasteiger partial charge < -0.3 is 10.5 Å². The van der Waals surface area contributed by atoms with Gasteiger partial charge in [0.2, 0.25) is 0 Å². The average molecular weight is 239 g/mol. The second-order valence-corrected chi connectivity index (χ2v) is 4.18. The molecule has 3 rings (SSSR count). The van der Waals surface area contributed by atoms with Gasteiger partial charge in [0.05, 0.1) is 12.1 Å². The maximum Gasteiger partial charge on any atom is 0.150 e. The molecule has 1 aromatic carbocycles. The van der Waals surface area contributed by atoms with Crippen LogP contribution in [0.25, 0.3) is 21.8 Å². The number of rotatable bonds is 2. The van der Waals surface area contributed by atoms with Gasteiger partial charge in [-0.25, -0.2) is 4.98 Å². The highest BCUT2D eigenvalue weighted by Crippen LogP contribution is 2.26. The topological polar surface area (TPSA) is 61.0 Å². The lowest BCUT2D eigenvalue weighted by molar-refractivity contribution is 0.185. The Kier molecular flexibility index (Phi) is 2.57. The first kappa shape index (κ1) is 10.9. The van der Waals surface area contributed by atoms with Crippen LogP contribution in [0.2, 0.25) is 0 Å². The van der Waals surface area contributed by atoms with Crippen molar-refractivity contribution < 1.29 is 4.74 Å². The number of aromatic nitrogens is 2. The van der Waals surface area contributed by atoms with Gasteiger partial charge in [0.25, 0.3) is 0 Å². The molecule has 2 N–H and O–H groups in total. The van der Waals surface area contributed by atoms with E-state index in [-0.39, 0.29) is 0 Å². The van der Waals surface area contributed by atoms with E-state index in [1.807, 2.05) is 30.3 Å². The molecule has 90 valence electrons. The first-order valence-corrected chi connectivity index (χ1v) is 5.71. The largest absolute Gasteiger partial charge is 0.382 e. The number of benzene rings is 1. The Morgan fingerprint density at radius 2 is 2.11 bits per heavy atom. The van der Waals surface area contributed by atoms with E-state index in [4.69, 9.17) is 10.5 Å². The zero-order valence-corrected chi connectivity index (χ0v) is 10.1. The van der Waals surface area contributed by atoms with E-state index in [2.05, 4.69) is 9.97 Å². The highest BCUT2D eigenvalue weighted by atomic mass is 16.5. The molecule has 2 aromatic heterocycles. The van der Waals surface area contributed by atoms with Gasteiger partial charge in [-0.3, -0.25) is 4.98 Å². The van der Waals surface area contributed by atoms with Gasteiger partial charge >= 0.3 is 0 Å². The molecule has 0 radical (unpaired) electrons. The Bertz CT molecular complexity index is 725. The minimum atomic E-state index is 0.465. The van der Waals surface area contributed by atoms with Crippen LogP contribution in [0.3, 0.4) is 0 Å². The zero-order valence-electron chi connectivity index (χ0n) is 10.1. The van der Waals surface area contributed by atoms with E-state index >= 15 is 0 Å². The molecule has 3 aromatic rings. The molecule has 0 spiro atoms. The number of pyridine rings is 2. The molecular formula is C14H13N3O. The molecule has 4 nitrogen and oxygen atoms in total. The molecule has 0 aliphatic rings. The van der Waals surface area contributed by atoms with Crippen LogP contribution >= 0.6 is 0 Å². The molecular weight excluding hydrogens is 226 g/mol. The molecule has 0 unspecified atom stereocenters. The summed E-state index contributed by atoms with van der Waals surface area (Å²) in [7, 11) is 1.68. The van der Waals surface area contributed by atoms with Crippen molar-refractivity contribution in [2.75, 3.05) is 12.8 Å². The summed E-state index contributed by atoms with van der Waals surface area (Å²) in [5.74, 6) is 0.465. The van der Waals surface area contributed by atoms with Gasteiger partial charge in [0.1, 0.15) is 5.52 Å². The van der Waals surface area contributed by atoms with Crippen molar-refractivity contribution in [2.45, 2.75) is 6.61 Å². The number of hydrogen-bond acceptors (Lipinski definition) is 4. The fourth-order valence-electron chi connectivity index (χ4n) is 2.16. The molecule has 0 amide bonds. The van der Waals surface area contributed by atoms with Crippen molar-refractivity contribution in [1.82, 2.24) is 9.97 Å². The summed E-state index contributed by atoms with van der Waals surface area (Å²) in [4.78, 5) is 8.68. The fraction of sp³-hybridized carbons (Fsp3) is 0.143. The Morgan fingerprint density at radius 1 is 1.22 bits per heavy atom. The number of nitrogens with zero attached hydrogens (tertiary/aromatic N) is 2. The number of anilines is 1. The number of hydrogen-bond donors (Lipinski definition) is 1. The monoisotopic (exact) mass is 239 g/mol. The predicted octanol–water partition coefficient (Wildman–Crippen LogP) is 2.51. The Hall–Kier alpha value is -2.20. The van der Waals surface area contributed by atoms with Crippen LogP contribution in [-0.2, 0) is 11.3 Å². The standard InChI is InChI=1S/C14H13N3O/c1-18-8-9-4-5-10-11-3-2-6-16-13(11)14(15)17-12(10)7-9/h2-7H,8H2,1H3,(H2,15,17). The minimum absolute atomic E-state index is 0.465. The van der Waals surface area contributed by atoms with E-state index in [1.54, 1.807) is 13.3 Å². The van der Waals surface area contributed by atoms with Crippen molar-refractivity contribution >= 4 is 27.6 Å². The van der Waals surface area contributed by atoms with Crippen LogP contribution in [0.4, 0.5) is 5.82 Å². The second-order valence-electron chi connectivity index (χ2n) is 4.18. The van der Waals surface area contributed by atoms with Gasteiger partial charge in [0, 0.05) is 24.1 Å². The predicted molar refractivity (Wildman–Crippen MR) is 72.2 cm³/mol. The first-order chi connectivity index (χ1) is 8.79. The highest BCUT2D eigenvalue weighted by Gasteiger charge is 2.07. The van der Waals surface area contributed by atoms with Crippen LogP contribution in [0.1, 0.15) is 5.56 Å². The molecule has 0 bridgehead atoms. The third-order valence-electron chi connectivity index (χ3n) is 2.95. The summed E-state index contributed by atoms with van der Waals surface area (Å²) in [6, 6.07) is 10.0. The summed E-state index contributed by atoms with van der Waals surface area (Å²) >= 11 is 0. The first-order valence-electron chi connectivity index (χ1n) is 5.71. The summed E-state index contributed by atoms with van der Waals surface area (Å²) in [6.45, 7) is 0.572. The lowest BCUT2D eigenvalue weighted by Crippen LogP contribution is -1.96. The van der Waals surface area contributed by atoms with E-state index in [0.717, 1.165) is 27.4 Å². The molecule has 18 heavy (non-hydrogen) atoms. The highest BCUT2D eigenvalue weighted by molar-refractivity contribution is 6.07. The quantitative estimate of drug-likeness (QED) is 0.698. The Balaban J connectivity index is 2.35. The zero-order chi connectivity index (χ0) is 12.5. The van der Waals surface area contributed by atoms with E-state index in [1.165, 1.54) is 0 Å². The SMILES string of the molecule is COCc1ccc2c(c1)nc(N)c1ncccc12. The average Bonchev–Trinajstić information content (AvgIpc) is 2.39. The number of nitrogen functional groups attached to an aromatic ring is 1. The van der Waals surface area contributed by atoms with E-state index in [9.17, 15) is 0 Å². The normalized spacial score (nSPS) is 11.2. The summed E-state index contributed by atoms with van der Waals surface area (Å²) < 4.78 is 5.12. The lowest BCUT2D eigenvalue weighted by atomic mass is 10.1. The third-order valence-corrected chi connectivity index (χ3v) is 2.95. The maximum absolute atomic E-state index is 5.94. The lowest BCUT2D eigenvalue weighted by Gasteiger charge is -2.07. The molecule has 0 aliphatic heterocycles. The summed E-state index contributed by atoms with van der Waals surface area (Å²) in [5, 5.41) is 2.09. The molecule has 0 aliphatic carbocycles.